The maximum atomic E-state index is 13.7. The predicted molar refractivity (Wildman–Crippen MR) is 99.3 cm³/mol. The summed E-state index contributed by atoms with van der Waals surface area (Å²) in [6.45, 7) is 1.56. The minimum atomic E-state index is -4.01. The van der Waals surface area contributed by atoms with Crippen molar-refractivity contribution in [1.82, 2.24) is 4.98 Å². The summed E-state index contributed by atoms with van der Waals surface area (Å²) in [4.78, 5) is 3.88. The summed E-state index contributed by atoms with van der Waals surface area (Å²) in [5.41, 5.74) is 0.494. The molecule has 0 spiro atoms. The van der Waals surface area contributed by atoms with E-state index in [9.17, 15) is 12.8 Å². The van der Waals surface area contributed by atoms with E-state index in [0.717, 1.165) is 6.07 Å². The number of benzene rings is 2. The normalized spacial score (nSPS) is 11.1. The van der Waals surface area contributed by atoms with Crippen LogP contribution in [0.15, 0.2) is 65.7 Å². The van der Waals surface area contributed by atoms with Crippen molar-refractivity contribution in [2.45, 2.75) is 11.8 Å². The van der Waals surface area contributed by atoms with Gasteiger partial charge in [0.25, 0.3) is 10.0 Å². The molecule has 3 aromatic rings. The number of ether oxygens (including phenoxy) is 2. The molecule has 0 aliphatic rings. The third-order valence-electron chi connectivity index (χ3n) is 3.74. The Morgan fingerprint density at radius 3 is 2.41 bits per heavy atom. The van der Waals surface area contributed by atoms with Crippen LogP contribution in [0.25, 0.3) is 0 Å². The Labute approximate surface area is 156 Å². The molecule has 0 bridgehead atoms. The summed E-state index contributed by atoms with van der Waals surface area (Å²) in [5, 5.41) is 0. The molecule has 140 valence electrons. The zero-order valence-electron chi connectivity index (χ0n) is 14.6. The molecule has 0 saturated heterocycles. The first-order valence-corrected chi connectivity index (χ1v) is 9.43. The Balaban J connectivity index is 1.87. The maximum Gasteiger partial charge on any atom is 0.262 e. The van der Waals surface area contributed by atoms with E-state index in [0.29, 0.717) is 17.1 Å². The Hall–Kier alpha value is -3.13. The summed E-state index contributed by atoms with van der Waals surface area (Å²) in [6, 6.07) is 13.5. The highest BCUT2D eigenvalue weighted by molar-refractivity contribution is 7.92. The van der Waals surface area contributed by atoms with Crippen LogP contribution in [-0.2, 0) is 10.0 Å². The van der Waals surface area contributed by atoms with Crippen LogP contribution in [0, 0.1) is 12.7 Å². The molecule has 0 amide bonds. The standard InChI is InChI=1S/C19H17FN2O4S/c1-13-5-10-16(12-17(13)20)27(23,24)22-18-4-3-11-21-19(18)26-15-8-6-14(25-2)7-9-15/h3-12,22H,1-2H3. The van der Waals surface area contributed by atoms with E-state index in [1.54, 1.807) is 44.4 Å². The number of halogens is 1. The lowest BCUT2D eigenvalue weighted by atomic mass is 10.2. The lowest BCUT2D eigenvalue weighted by Gasteiger charge is -2.13. The van der Waals surface area contributed by atoms with Gasteiger partial charge in [-0.25, -0.2) is 17.8 Å². The highest BCUT2D eigenvalue weighted by atomic mass is 32.2. The second-order valence-electron chi connectivity index (χ2n) is 5.65. The van der Waals surface area contributed by atoms with Gasteiger partial charge < -0.3 is 9.47 Å². The van der Waals surface area contributed by atoms with Crippen molar-refractivity contribution in [3.63, 3.8) is 0 Å². The van der Waals surface area contributed by atoms with Crippen molar-refractivity contribution in [2.75, 3.05) is 11.8 Å². The predicted octanol–water partition coefficient (Wildman–Crippen LogP) is 4.13. The van der Waals surface area contributed by atoms with Gasteiger partial charge >= 0.3 is 0 Å². The number of hydrogen-bond acceptors (Lipinski definition) is 5. The molecule has 0 aliphatic heterocycles. The fourth-order valence-corrected chi connectivity index (χ4v) is 3.32. The van der Waals surface area contributed by atoms with Gasteiger partial charge in [0.1, 0.15) is 23.0 Å². The average molecular weight is 388 g/mol. The number of hydrogen-bond donors (Lipinski definition) is 1. The molecule has 0 saturated carbocycles. The van der Waals surface area contributed by atoms with Crippen molar-refractivity contribution in [2.24, 2.45) is 0 Å². The van der Waals surface area contributed by atoms with E-state index in [2.05, 4.69) is 9.71 Å². The molecule has 0 radical (unpaired) electrons. The Kier molecular flexibility index (Phi) is 5.27. The number of aromatic nitrogens is 1. The summed E-state index contributed by atoms with van der Waals surface area (Å²) < 4.78 is 52.0. The molecule has 1 aromatic heterocycles. The van der Waals surface area contributed by atoms with Gasteiger partial charge in [-0.15, -0.1) is 0 Å². The van der Waals surface area contributed by atoms with Crippen LogP contribution in [0.5, 0.6) is 17.4 Å². The van der Waals surface area contributed by atoms with E-state index in [1.165, 1.54) is 24.4 Å². The molecule has 0 fully saturated rings. The quantitative estimate of drug-likeness (QED) is 0.687. The number of rotatable bonds is 6. The minimum Gasteiger partial charge on any atom is -0.497 e. The SMILES string of the molecule is COc1ccc(Oc2ncccc2NS(=O)(=O)c2ccc(C)c(F)c2)cc1. The molecule has 2 aromatic carbocycles. The van der Waals surface area contributed by atoms with Crippen molar-refractivity contribution in [3.05, 3.63) is 72.2 Å². The third kappa shape index (κ3) is 4.35. The second-order valence-corrected chi connectivity index (χ2v) is 7.33. The topological polar surface area (TPSA) is 77.5 Å². The first-order chi connectivity index (χ1) is 12.9. The lowest BCUT2D eigenvalue weighted by molar-refractivity contribution is 0.412. The number of methoxy groups -OCH3 is 1. The van der Waals surface area contributed by atoms with Gasteiger partial charge in [0, 0.05) is 6.20 Å². The summed E-state index contributed by atoms with van der Waals surface area (Å²) in [6.07, 6.45) is 1.47. The van der Waals surface area contributed by atoms with E-state index in [-0.39, 0.29) is 16.5 Å². The first-order valence-electron chi connectivity index (χ1n) is 7.95. The first kappa shape index (κ1) is 18.7. The zero-order valence-corrected chi connectivity index (χ0v) is 15.5. The molecule has 6 nitrogen and oxygen atoms in total. The fraction of sp³-hybridized carbons (Fsp3) is 0.105. The number of nitrogens with one attached hydrogen (secondary N) is 1. The highest BCUT2D eigenvalue weighted by Gasteiger charge is 2.18. The van der Waals surface area contributed by atoms with Crippen LogP contribution in [0.4, 0.5) is 10.1 Å². The van der Waals surface area contributed by atoms with Crippen molar-refractivity contribution >= 4 is 15.7 Å². The van der Waals surface area contributed by atoms with Crippen LogP contribution in [0.2, 0.25) is 0 Å². The zero-order chi connectivity index (χ0) is 19.4. The van der Waals surface area contributed by atoms with Crippen LogP contribution in [0.3, 0.4) is 0 Å². The van der Waals surface area contributed by atoms with Gasteiger partial charge in [0.15, 0.2) is 0 Å². The fourth-order valence-electron chi connectivity index (χ4n) is 2.25. The minimum absolute atomic E-state index is 0.0684. The number of sulfonamides is 1. The number of aryl methyl sites for hydroxylation is 1. The average Bonchev–Trinajstić information content (AvgIpc) is 2.66. The molecule has 0 atom stereocenters. The third-order valence-corrected chi connectivity index (χ3v) is 5.11. The van der Waals surface area contributed by atoms with E-state index in [1.807, 2.05) is 0 Å². The monoisotopic (exact) mass is 388 g/mol. The van der Waals surface area contributed by atoms with E-state index in [4.69, 9.17) is 9.47 Å². The Morgan fingerprint density at radius 1 is 1.04 bits per heavy atom. The van der Waals surface area contributed by atoms with Gasteiger partial charge in [-0.05, 0) is 61.0 Å². The molecule has 0 aliphatic carbocycles. The lowest BCUT2D eigenvalue weighted by Crippen LogP contribution is -2.14. The number of nitrogens with zero attached hydrogens (tertiary/aromatic N) is 1. The van der Waals surface area contributed by atoms with Gasteiger partial charge in [-0.3, -0.25) is 4.72 Å². The van der Waals surface area contributed by atoms with Crippen molar-refractivity contribution < 1.29 is 22.3 Å². The summed E-state index contributed by atoms with van der Waals surface area (Å²) >= 11 is 0. The van der Waals surface area contributed by atoms with Crippen LogP contribution < -0.4 is 14.2 Å². The molecule has 8 heteroatoms. The second kappa shape index (κ2) is 7.63. The molecular formula is C19H17FN2O4S. The molecule has 0 unspecified atom stereocenters. The van der Waals surface area contributed by atoms with Gasteiger partial charge in [-0.1, -0.05) is 6.07 Å². The van der Waals surface area contributed by atoms with Crippen molar-refractivity contribution in [3.8, 4) is 17.4 Å². The summed E-state index contributed by atoms with van der Waals surface area (Å²) in [5.74, 6) is 0.583. The van der Waals surface area contributed by atoms with Gasteiger partial charge in [0.2, 0.25) is 5.88 Å². The van der Waals surface area contributed by atoms with Crippen LogP contribution in [0.1, 0.15) is 5.56 Å². The molecule has 27 heavy (non-hydrogen) atoms. The van der Waals surface area contributed by atoms with Crippen molar-refractivity contribution in [1.29, 1.82) is 0 Å². The van der Waals surface area contributed by atoms with E-state index >= 15 is 0 Å². The summed E-state index contributed by atoms with van der Waals surface area (Å²) in [7, 11) is -2.46. The smallest absolute Gasteiger partial charge is 0.262 e. The molecule has 3 rings (SSSR count). The number of pyridine rings is 1. The molecular weight excluding hydrogens is 371 g/mol. The van der Waals surface area contributed by atoms with Gasteiger partial charge in [0.05, 0.1) is 12.0 Å². The largest absolute Gasteiger partial charge is 0.497 e. The highest BCUT2D eigenvalue weighted by Crippen LogP contribution is 2.30. The maximum absolute atomic E-state index is 13.7. The van der Waals surface area contributed by atoms with E-state index < -0.39 is 15.8 Å². The van der Waals surface area contributed by atoms with Crippen LogP contribution >= 0.6 is 0 Å². The van der Waals surface area contributed by atoms with Crippen LogP contribution in [-0.4, -0.2) is 20.5 Å². The molecule has 1 heterocycles. The van der Waals surface area contributed by atoms with Gasteiger partial charge in [-0.2, -0.15) is 0 Å². The Bertz CT molecular complexity index is 1050. The Morgan fingerprint density at radius 2 is 1.74 bits per heavy atom. The number of anilines is 1. The molecule has 1 N–H and O–H groups in total.